The molecule has 4 aromatic rings. The van der Waals surface area contributed by atoms with Crippen LogP contribution in [0.2, 0.25) is 0 Å². The van der Waals surface area contributed by atoms with Gasteiger partial charge in [-0.15, -0.1) is 0 Å². The highest BCUT2D eigenvalue weighted by Gasteiger charge is 2.10. The molecule has 0 aliphatic carbocycles. The molecule has 3 nitrogen and oxygen atoms in total. The second-order valence-corrected chi connectivity index (χ2v) is 6.08. The minimum absolute atomic E-state index is 0.0211. The Morgan fingerprint density at radius 2 is 1.67 bits per heavy atom. The van der Waals surface area contributed by atoms with Gasteiger partial charge in [0.25, 0.3) is 0 Å². The maximum absolute atomic E-state index is 12.6. The fourth-order valence-corrected chi connectivity index (χ4v) is 2.96. The monoisotopic (exact) mass is 315 g/mol. The lowest BCUT2D eigenvalue weighted by atomic mass is 10.1. The Kier molecular flexibility index (Phi) is 3.35. The lowest BCUT2D eigenvalue weighted by Crippen LogP contribution is -2.08. The number of benzene rings is 3. The molecule has 0 aliphatic heterocycles. The average Bonchev–Trinajstić information content (AvgIpc) is 2.61. The molecule has 0 radical (unpaired) electrons. The van der Waals surface area contributed by atoms with Crippen molar-refractivity contribution in [2.45, 2.75) is 0 Å². The van der Waals surface area contributed by atoms with E-state index in [1.165, 1.54) is 0 Å². The molecule has 24 heavy (non-hydrogen) atoms. The second kappa shape index (κ2) is 5.53. The number of rotatable bonds is 2. The van der Waals surface area contributed by atoms with E-state index in [4.69, 9.17) is 4.42 Å². The SMILES string of the molecule is CN(C)c1cccc(-c2cc(=O)c3ccc4ccccc4c3o2)c1. The van der Waals surface area contributed by atoms with Crippen LogP contribution in [0.5, 0.6) is 0 Å². The Morgan fingerprint density at radius 3 is 2.50 bits per heavy atom. The lowest BCUT2D eigenvalue weighted by molar-refractivity contribution is 0.622. The zero-order chi connectivity index (χ0) is 16.7. The standard InChI is InChI=1S/C21H17NO2/c1-22(2)16-8-5-7-15(12-16)20-13-19(23)18-11-10-14-6-3-4-9-17(14)21(18)24-20/h3-13H,1-2H3. The zero-order valence-corrected chi connectivity index (χ0v) is 13.6. The van der Waals surface area contributed by atoms with Crippen molar-refractivity contribution >= 4 is 27.4 Å². The van der Waals surface area contributed by atoms with Gasteiger partial charge in [-0.2, -0.15) is 0 Å². The zero-order valence-electron chi connectivity index (χ0n) is 13.6. The topological polar surface area (TPSA) is 33.5 Å². The van der Waals surface area contributed by atoms with Gasteiger partial charge < -0.3 is 9.32 Å². The first-order chi connectivity index (χ1) is 11.6. The maximum atomic E-state index is 12.6. The van der Waals surface area contributed by atoms with Gasteiger partial charge in [-0.05, 0) is 23.6 Å². The summed E-state index contributed by atoms with van der Waals surface area (Å²) in [6.07, 6.45) is 0. The summed E-state index contributed by atoms with van der Waals surface area (Å²) in [4.78, 5) is 14.6. The molecule has 0 bridgehead atoms. The summed E-state index contributed by atoms with van der Waals surface area (Å²) in [6.45, 7) is 0. The summed E-state index contributed by atoms with van der Waals surface area (Å²) < 4.78 is 6.16. The van der Waals surface area contributed by atoms with Crippen LogP contribution in [0.4, 0.5) is 5.69 Å². The van der Waals surface area contributed by atoms with E-state index in [0.29, 0.717) is 16.7 Å². The minimum atomic E-state index is -0.0211. The number of anilines is 1. The fourth-order valence-electron chi connectivity index (χ4n) is 2.96. The van der Waals surface area contributed by atoms with E-state index < -0.39 is 0 Å². The molecule has 118 valence electrons. The Morgan fingerprint density at radius 1 is 0.833 bits per heavy atom. The van der Waals surface area contributed by atoms with E-state index >= 15 is 0 Å². The molecule has 0 atom stereocenters. The fraction of sp³-hybridized carbons (Fsp3) is 0.0952. The highest BCUT2D eigenvalue weighted by atomic mass is 16.3. The van der Waals surface area contributed by atoms with Crippen LogP contribution in [0.1, 0.15) is 0 Å². The van der Waals surface area contributed by atoms with Gasteiger partial charge in [0.2, 0.25) is 0 Å². The van der Waals surface area contributed by atoms with Crippen LogP contribution < -0.4 is 10.3 Å². The second-order valence-electron chi connectivity index (χ2n) is 6.08. The maximum Gasteiger partial charge on any atom is 0.193 e. The smallest absolute Gasteiger partial charge is 0.193 e. The molecule has 0 saturated heterocycles. The lowest BCUT2D eigenvalue weighted by Gasteiger charge is -2.13. The van der Waals surface area contributed by atoms with Gasteiger partial charge in [0.1, 0.15) is 11.3 Å². The Bertz CT molecular complexity index is 1110. The van der Waals surface area contributed by atoms with Gasteiger partial charge in [0, 0.05) is 36.8 Å². The molecule has 3 heteroatoms. The van der Waals surface area contributed by atoms with Crippen LogP contribution in [-0.2, 0) is 0 Å². The van der Waals surface area contributed by atoms with Gasteiger partial charge in [0.15, 0.2) is 5.43 Å². The van der Waals surface area contributed by atoms with Gasteiger partial charge in [-0.1, -0.05) is 42.5 Å². The number of hydrogen-bond donors (Lipinski definition) is 0. The molecule has 0 N–H and O–H groups in total. The molecule has 0 fully saturated rings. The largest absolute Gasteiger partial charge is 0.455 e. The van der Waals surface area contributed by atoms with Crippen molar-refractivity contribution in [1.29, 1.82) is 0 Å². The van der Waals surface area contributed by atoms with Gasteiger partial charge in [-0.3, -0.25) is 4.79 Å². The third-order valence-electron chi connectivity index (χ3n) is 4.27. The van der Waals surface area contributed by atoms with Crippen LogP contribution in [-0.4, -0.2) is 14.1 Å². The van der Waals surface area contributed by atoms with Crippen molar-refractivity contribution in [3.8, 4) is 11.3 Å². The van der Waals surface area contributed by atoms with Crippen molar-refractivity contribution in [2.24, 2.45) is 0 Å². The molecule has 4 rings (SSSR count). The molecule has 3 aromatic carbocycles. The van der Waals surface area contributed by atoms with Crippen LogP contribution in [0, 0.1) is 0 Å². The predicted molar refractivity (Wildman–Crippen MR) is 99.8 cm³/mol. The van der Waals surface area contributed by atoms with Crippen molar-refractivity contribution in [2.75, 3.05) is 19.0 Å². The van der Waals surface area contributed by atoms with E-state index in [0.717, 1.165) is 22.0 Å². The summed E-state index contributed by atoms with van der Waals surface area (Å²) in [7, 11) is 3.98. The summed E-state index contributed by atoms with van der Waals surface area (Å²) in [5, 5.41) is 2.63. The highest BCUT2D eigenvalue weighted by Crippen LogP contribution is 2.29. The molecular weight excluding hydrogens is 298 g/mol. The number of nitrogens with zero attached hydrogens (tertiary/aromatic N) is 1. The third-order valence-corrected chi connectivity index (χ3v) is 4.27. The van der Waals surface area contributed by atoms with Gasteiger partial charge in [-0.25, -0.2) is 0 Å². The third kappa shape index (κ3) is 2.35. The molecule has 0 unspecified atom stereocenters. The molecule has 0 amide bonds. The number of hydrogen-bond acceptors (Lipinski definition) is 3. The first-order valence-corrected chi connectivity index (χ1v) is 7.87. The summed E-state index contributed by atoms with van der Waals surface area (Å²) >= 11 is 0. The molecule has 1 aromatic heterocycles. The van der Waals surface area contributed by atoms with E-state index in [9.17, 15) is 4.79 Å². The Hall–Kier alpha value is -3.07. The van der Waals surface area contributed by atoms with Crippen LogP contribution in [0.15, 0.2) is 75.9 Å². The van der Waals surface area contributed by atoms with Crippen molar-refractivity contribution in [3.05, 3.63) is 77.0 Å². The van der Waals surface area contributed by atoms with E-state index in [1.54, 1.807) is 6.07 Å². The summed E-state index contributed by atoms with van der Waals surface area (Å²) in [5.41, 5.74) is 2.58. The van der Waals surface area contributed by atoms with E-state index in [-0.39, 0.29) is 5.43 Å². The van der Waals surface area contributed by atoms with Crippen molar-refractivity contribution in [3.63, 3.8) is 0 Å². The van der Waals surface area contributed by atoms with Crippen LogP contribution in [0.3, 0.4) is 0 Å². The minimum Gasteiger partial charge on any atom is -0.455 e. The van der Waals surface area contributed by atoms with Gasteiger partial charge >= 0.3 is 0 Å². The van der Waals surface area contributed by atoms with Crippen LogP contribution >= 0.6 is 0 Å². The Balaban J connectivity index is 2.02. The van der Waals surface area contributed by atoms with Crippen LogP contribution in [0.25, 0.3) is 33.1 Å². The Labute approximate surface area is 139 Å². The van der Waals surface area contributed by atoms with Gasteiger partial charge in [0.05, 0.1) is 5.39 Å². The summed E-state index contributed by atoms with van der Waals surface area (Å²) in [5.74, 6) is 0.590. The normalized spacial score (nSPS) is 11.1. The predicted octanol–water partition coefficient (Wildman–Crippen LogP) is 4.68. The molecule has 1 heterocycles. The molecule has 0 spiro atoms. The quantitative estimate of drug-likeness (QED) is 0.504. The van der Waals surface area contributed by atoms with E-state index in [2.05, 4.69) is 0 Å². The number of fused-ring (bicyclic) bond motifs is 3. The summed E-state index contributed by atoms with van der Waals surface area (Å²) in [6, 6.07) is 21.3. The highest BCUT2D eigenvalue weighted by molar-refractivity contribution is 6.04. The van der Waals surface area contributed by atoms with Crippen molar-refractivity contribution in [1.82, 2.24) is 0 Å². The van der Waals surface area contributed by atoms with Crippen molar-refractivity contribution < 1.29 is 4.42 Å². The first kappa shape index (κ1) is 14.5. The molecular formula is C21H17NO2. The average molecular weight is 315 g/mol. The molecule has 0 aliphatic rings. The molecule has 0 saturated carbocycles. The first-order valence-electron chi connectivity index (χ1n) is 7.87. The van der Waals surface area contributed by atoms with E-state index in [1.807, 2.05) is 79.7 Å².